The Bertz CT molecular complexity index is 1130. The zero-order valence-corrected chi connectivity index (χ0v) is 17.2. The third kappa shape index (κ3) is 4.52. The molecule has 0 aromatic heterocycles. The Morgan fingerprint density at radius 2 is 1.59 bits per heavy atom. The number of hydrogen-bond donors (Lipinski definition) is 1. The van der Waals surface area contributed by atoms with Crippen LogP contribution in [0.3, 0.4) is 0 Å². The minimum absolute atomic E-state index is 0.247. The number of nitrogens with one attached hydrogen (secondary N) is 1. The predicted molar refractivity (Wildman–Crippen MR) is 102 cm³/mol. The third-order valence-corrected chi connectivity index (χ3v) is 8.02. The molecule has 3 rings (SSSR count). The van der Waals surface area contributed by atoms with Gasteiger partial charge in [-0.2, -0.15) is 17.5 Å². The number of benzene rings is 2. The van der Waals surface area contributed by atoms with E-state index in [1.807, 2.05) is 0 Å². The van der Waals surface area contributed by atoms with E-state index in [0.717, 1.165) is 12.1 Å². The molecule has 12 heteroatoms. The Balaban J connectivity index is 2.01. The van der Waals surface area contributed by atoms with E-state index in [0.29, 0.717) is 32.0 Å². The third-order valence-electron chi connectivity index (χ3n) is 4.37. The number of halogens is 4. The molecule has 0 spiro atoms. The van der Waals surface area contributed by atoms with E-state index in [1.54, 1.807) is 0 Å². The van der Waals surface area contributed by atoms with Crippen molar-refractivity contribution in [3.8, 4) is 0 Å². The summed E-state index contributed by atoms with van der Waals surface area (Å²) >= 11 is 5.53. The van der Waals surface area contributed by atoms with Crippen molar-refractivity contribution >= 4 is 37.3 Å². The zero-order chi connectivity index (χ0) is 21.4. The second kappa shape index (κ2) is 7.78. The number of para-hydroxylation sites is 1. The first kappa shape index (κ1) is 21.9. The molecule has 0 bridgehead atoms. The highest BCUT2D eigenvalue weighted by Crippen LogP contribution is 2.36. The summed E-state index contributed by atoms with van der Waals surface area (Å²) in [7, 11) is -8.47. The molecule has 0 radical (unpaired) electrons. The highest BCUT2D eigenvalue weighted by atomic mass is 35.5. The van der Waals surface area contributed by atoms with Gasteiger partial charge in [-0.15, -0.1) is 0 Å². The van der Waals surface area contributed by atoms with Gasteiger partial charge in [-0.3, -0.25) is 4.72 Å². The average Bonchev–Trinajstić information content (AvgIpc) is 3.16. The average molecular weight is 469 g/mol. The van der Waals surface area contributed by atoms with E-state index in [4.69, 9.17) is 11.6 Å². The topological polar surface area (TPSA) is 83.5 Å². The molecular formula is C17H16ClF3N2O4S2. The van der Waals surface area contributed by atoms with Gasteiger partial charge in [-0.05, 0) is 43.2 Å². The van der Waals surface area contributed by atoms with Crippen molar-refractivity contribution in [2.24, 2.45) is 0 Å². The summed E-state index contributed by atoms with van der Waals surface area (Å²) in [4.78, 5) is -0.960. The summed E-state index contributed by atoms with van der Waals surface area (Å²) in [6.07, 6.45) is -3.46. The molecule has 0 saturated carbocycles. The Labute approximate surface area is 171 Å². The van der Waals surface area contributed by atoms with E-state index in [-0.39, 0.29) is 10.6 Å². The van der Waals surface area contributed by atoms with Crippen molar-refractivity contribution in [2.75, 3.05) is 17.8 Å². The van der Waals surface area contributed by atoms with Crippen molar-refractivity contribution in [1.29, 1.82) is 0 Å². The van der Waals surface area contributed by atoms with Gasteiger partial charge in [-0.25, -0.2) is 16.8 Å². The second-order valence-corrected chi connectivity index (χ2v) is 10.3. The maximum Gasteiger partial charge on any atom is 0.417 e. The van der Waals surface area contributed by atoms with Gasteiger partial charge in [0.15, 0.2) is 0 Å². The molecule has 0 amide bonds. The fourth-order valence-electron chi connectivity index (χ4n) is 2.94. The van der Waals surface area contributed by atoms with E-state index < -0.39 is 41.7 Å². The lowest BCUT2D eigenvalue weighted by molar-refractivity contribution is -0.137. The highest BCUT2D eigenvalue weighted by Gasteiger charge is 2.35. The van der Waals surface area contributed by atoms with Gasteiger partial charge in [-0.1, -0.05) is 23.7 Å². The zero-order valence-electron chi connectivity index (χ0n) is 14.8. The number of sulfonamides is 2. The maximum atomic E-state index is 13.1. The molecular weight excluding hydrogens is 453 g/mol. The normalized spacial score (nSPS) is 16.1. The van der Waals surface area contributed by atoms with Crippen LogP contribution in [0, 0.1) is 0 Å². The first-order valence-corrected chi connectivity index (χ1v) is 11.7. The molecule has 2 aromatic rings. The molecule has 0 atom stereocenters. The first-order chi connectivity index (χ1) is 13.4. The fourth-order valence-corrected chi connectivity index (χ4v) is 6.00. The Kier molecular flexibility index (Phi) is 5.87. The van der Waals surface area contributed by atoms with Crippen LogP contribution in [-0.2, 0) is 26.2 Å². The largest absolute Gasteiger partial charge is 0.417 e. The lowest BCUT2D eigenvalue weighted by Gasteiger charge is -2.19. The van der Waals surface area contributed by atoms with E-state index in [9.17, 15) is 30.0 Å². The van der Waals surface area contributed by atoms with Crippen LogP contribution in [0.2, 0.25) is 5.02 Å². The SMILES string of the molecule is O=S(=O)(Nc1ccccc1S(=O)(=O)N1CCCC1)c1ccc(Cl)c(C(F)(F)F)c1. The standard InChI is InChI=1S/C17H16ClF3N2O4S2/c18-14-8-7-12(11-13(14)17(19,20)21)28(24,25)22-15-5-1-2-6-16(15)29(26,27)23-9-3-4-10-23/h1-2,5-8,11,22H,3-4,9-10H2. The summed E-state index contributed by atoms with van der Waals surface area (Å²) in [6, 6.07) is 7.48. The van der Waals surface area contributed by atoms with Crippen molar-refractivity contribution in [3.63, 3.8) is 0 Å². The Morgan fingerprint density at radius 1 is 0.966 bits per heavy atom. The molecule has 1 aliphatic heterocycles. The van der Waals surface area contributed by atoms with Crippen molar-refractivity contribution < 1.29 is 30.0 Å². The van der Waals surface area contributed by atoms with Gasteiger partial charge >= 0.3 is 6.18 Å². The molecule has 1 aliphatic rings. The van der Waals surface area contributed by atoms with Crippen molar-refractivity contribution in [2.45, 2.75) is 28.8 Å². The lowest BCUT2D eigenvalue weighted by atomic mass is 10.2. The summed E-state index contributed by atoms with van der Waals surface area (Å²) in [5, 5.41) is -0.645. The maximum absolute atomic E-state index is 13.1. The van der Waals surface area contributed by atoms with Crippen LogP contribution in [0.1, 0.15) is 18.4 Å². The first-order valence-electron chi connectivity index (χ1n) is 8.42. The Hall–Kier alpha value is -1.82. The van der Waals surface area contributed by atoms with E-state index in [2.05, 4.69) is 4.72 Å². The number of rotatable bonds is 5. The molecule has 6 nitrogen and oxygen atoms in total. The number of anilines is 1. The van der Waals surface area contributed by atoms with Crippen LogP contribution in [0.25, 0.3) is 0 Å². The van der Waals surface area contributed by atoms with Gasteiger partial charge in [0.05, 0.1) is 21.2 Å². The van der Waals surface area contributed by atoms with Gasteiger partial charge in [0.1, 0.15) is 4.90 Å². The second-order valence-electron chi connectivity index (χ2n) is 6.35. The van der Waals surface area contributed by atoms with Gasteiger partial charge in [0.2, 0.25) is 10.0 Å². The van der Waals surface area contributed by atoms with Gasteiger partial charge in [0, 0.05) is 13.1 Å². The summed E-state index contributed by atoms with van der Waals surface area (Å²) < 4.78 is 93.5. The molecule has 29 heavy (non-hydrogen) atoms. The molecule has 1 N–H and O–H groups in total. The predicted octanol–water partition coefficient (Wildman–Crippen LogP) is 3.94. The van der Waals surface area contributed by atoms with Gasteiger partial charge in [0.25, 0.3) is 10.0 Å². The lowest BCUT2D eigenvalue weighted by Crippen LogP contribution is -2.29. The highest BCUT2D eigenvalue weighted by molar-refractivity contribution is 7.93. The molecule has 1 heterocycles. The molecule has 1 saturated heterocycles. The van der Waals surface area contributed by atoms with Crippen LogP contribution in [0.5, 0.6) is 0 Å². The van der Waals surface area contributed by atoms with Crippen LogP contribution in [0.4, 0.5) is 18.9 Å². The monoisotopic (exact) mass is 468 g/mol. The minimum Gasteiger partial charge on any atom is -0.278 e. The number of nitrogens with zero attached hydrogens (tertiary/aromatic N) is 1. The van der Waals surface area contributed by atoms with Crippen LogP contribution in [-0.4, -0.2) is 34.2 Å². The quantitative estimate of drug-likeness (QED) is 0.720. The fraction of sp³-hybridized carbons (Fsp3) is 0.294. The summed E-state index contributed by atoms with van der Waals surface area (Å²) in [6.45, 7) is 0.630. The van der Waals surface area contributed by atoms with Crippen molar-refractivity contribution in [3.05, 3.63) is 53.1 Å². The van der Waals surface area contributed by atoms with Crippen LogP contribution >= 0.6 is 11.6 Å². The van der Waals surface area contributed by atoms with Crippen LogP contribution in [0.15, 0.2) is 52.3 Å². The molecule has 158 valence electrons. The number of alkyl halides is 3. The Morgan fingerprint density at radius 3 is 2.21 bits per heavy atom. The molecule has 0 unspecified atom stereocenters. The van der Waals surface area contributed by atoms with E-state index >= 15 is 0 Å². The summed E-state index contributed by atoms with van der Waals surface area (Å²) in [5.41, 5.74) is -1.55. The van der Waals surface area contributed by atoms with Crippen LogP contribution < -0.4 is 4.72 Å². The van der Waals surface area contributed by atoms with Crippen molar-refractivity contribution in [1.82, 2.24) is 4.31 Å². The van der Waals surface area contributed by atoms with E-state index in [1.165, 1.54) is 28.6 Å². The number of hydrogen-bond acceptors (Lipinski definition) is 4. The smallest absolute Gasteiger partial charge is 0.278 e. The molecule has 2 aromatic carbocycles. The molecule has 0 aliphatic carbocycles. The summed E-state index contributed by atoms with van der Waals surface area (Å²) in [5.74, 6) is 0. The molecule has 1 fully saturated rings. The minimum atomic E-state index is -4.85. The van der Waals surface area contributed by atoms with Gasteiger partial charge < -0.3 is 0 Å².